The van der Waals surface area contributed by atoms with Crippen molar-refractivity contribution in [1.29, 1.82) is 0 Å². The Hall–Kier alpha value is -8.08. The van der Waals surface area contributed by atoms with Gasteiger partial charge in [0.05, 0.1) is 11.0 Å². The van der Waals surface area contributed by atoms with Crippen LogP contribution in [0.4, 0.5) is 45.5 Å². The summed E-state index contributed by atoms with van der Waals surface area (Å²) in [6, 6.07) is 79.2. The largest absolute Gasteiger partial charge is 0.311 e. The average molecular weight is 839 g/mol. The molecule has 4 nitrogen and oxygen atoms in total. The van der Waals surface area contributed by atoms with Crippen LogP contribution in [0.1, 0.15) is 19.4 Å². The fourth-order valence-electron chi connectivity index (χ4n) is 9.51. The molecule has 314 valence electrons. The number of rotatable bonds is 10. The molecule has 9 aromatic carbocycles. The van der Waals surface area contributed by atoms with Gasteiger partial charge in [0.15, 0.2) is 0 Å². The van der Waals surface area contributed by atoms with Crippen molar-refractivity contribution in [3.63, 3.8) is 0 Å². The summed E-state index contributed by atoms with van der Waals surface area (Å²) in [7, 11) is 0. The summed E-state index contributed by atoms with van der Waals surface area (Å²) < 4.78 is 2.46. The topological polar surface area (TPSA) is 14.7 Å². The lowest BCUT2D eigenvalue weighted by Crippen LogP contribution is -2.19. The number of allylic oxidation sites excluding steroid dienone is 3. The van der Waals surface area contributed by atoms with Crippen LogP contribution >= 0.6 is 0 Å². The van der Waals surface area contributed by atoms with Crippen LogP contribution in [0.3, 0.4) is 0 Å². The highest BCUT2D eigenvalue weighted by Crippen LogP contribution is 2.43. The summed E-state index contributed by atoms with van der Waals surface area (Å²) in [5.74, 6) is 0.896. The van der Waals surface area contributed by atoms with Crippen LogP contribution < -0.4 is 14.7 Å². The number of aromatic nitrogens is 1. The minimum absolute atomic E-state index is 0.416. The molecule has 2 atom stereocenters. The van der Waals surface area contributed by atoms with Crippen molar-refractivity contribution in [1.82, 2.24) is 4.57 Å². The molecule has 0 N–H and O–H groups in total. The van der Waals surface area contributed by atoms with E-state index in [0.29, 0.717) is 11.8 Å². The van der Waals surface area contributed by atoms with Gasteiger partial charge in [-0.3, -0.25) is 0 Å². The van der Waals surface area contributed by atoms with Crippen LogP contribution in [0, 0.1) is 18.8 Å². The second kappa shape index (κ2) is 16.9. The van der Waals surface area contributed by atoms with E-state index in [-0.39, 0.29) is 0 Å². The molecular formula is C61H50N4. The van der Waals surface area contributed by atoms with E-state index in [0.717, 1.165) is 62.2 Å². The van der Waals surface area contributed by atoms with E-state index in [2.05, 4.69) is 277 Å². The highest BCUT2D eigenvalue weighted by molar-refractivity contribution is 6.11. The summed E-state index contributed by atoms with van der Waals surface area (Å²) >= 11 is 0. The maximum absolute atomic E-state index is 2.46. The Bertz CT molecular complexity index is 3370. The molecule has 0 radical (unpaired) electrons. The van der Waals surface area contributed by atoms with Crippen molar-refractivity contribution in [3.05, 3.63) is 248 Å². The van der Waals surface area contributed by atoms with Gasteiger partial charge in [0.25, 0.3) is 0 Å². The molecule has 1 aliphatic carbocycles. The number of fused-ring (bicyclic) bond motifs is 4. The number of hydrogen-bond donors (Lipinski definition) is 0. The Morgan fingerprint density at radius 3 is 1.43 bits per heavy atom. The number of hydrogen-bond acceptors (Lipinski definition) is 3. The second-order valence-corrected chi connectivity index (χ2v) is 17.3. The summed E-state index contributed by atoms with van der Waals surface area (Å²) in [5.41, 5.74) is 14.6. The molecule has 0 aliphatic heterocycles. The van der Waals surface area contributed by atoms with Crippen LogP contribution in [0.15, 0.2) is 242 Å². The number of anilines is 8. The predicted octanol–water partition coefficient (Wildman–Crippen LogP) is 17.0. The van der Waals surface area contributed by atoms with Gasteiger partial charge in [-0.15, -0.1) is 0 Å². The fraction of sp³-hybridized carbons (Fsp3) is 0.0820. The van der Waals surface area contributed by atoms with Crippen molar-refractivity contribution in [2.24, 2.45) is 11.8 Å². The molecule has 0 saturated heterocycles. The first kappa shape index (κ1) is 39.7. The first-order valence-corrected chi connectivity index (χ1v) is 22.7. The van der Waals surface area contributed by atoms with Gasteiger partial charge >= 0.3 is 0 Å². The van der Waals surface area contributed by atoms with Crippen LogP contribution in [0.25, 0.3) is 38.3 Å². The standard InChI is InChI=1S/C61H50N4/c1-43-16-15-25-53(38-43)63(49-21-9-5-10-22-49)56-34-36-58-59-37-35-57(64(50-23-11-6-12-24-50)54-28-26-44(2)45(3)39-54)42-61(59)65(60(58)41-56)52-32-30-51(31-33-52)62(48-19-7-4-8-20-48)55-29-27-46-17-13-14-18-47(46)40-55/h4-42,44-45H,1-3H3. The first-order chi connectivity index (χ1) is 32.0. The Balaban J connectivity index is 1.12. The Kier molecular flexibility index (Phi) is 10.3. The van der Waals surface area contributed by atoms with Crippen LogP contribution in [-0.2, 0) is 0 Å². The van der Waals surface area contributed by atoms with E-state index in [1.165, 1.54) is 32.8 Å². The summed E-state index contributed by atoms with van der Waals surface area (Å²) in [4.78, 5) is 7.12. The fourth-order valence-corrected chi connectivity index (χ4v) is 9.51. The summed E-state index contributed by atoms with van der Waals surface area (Å²) in [6.45, 7) is 6.77. The van der Waals surface area contributed by atoms with Crippen molar-refractivity contribution in [3.8, 4) is 5.69 Å². The predicted molar refractivity (Wildman–Crippen MR) is 277 cm³/mol. The van der Waals surface area contributed by atoms with Gasteiger partial charge in [0.2, 0.25) is 0 Å². The highest BCUT2D eigenvalue weighted by Gasteiger charge is 2.23. The van der Waals surface area contributed by atoms with Crippen LogP contribution in [0.5, 0.6) is 0 Å². The monoisotopic (exact) mass is 838 g/mol. The molecule has 0 bridgehead atoms. The van der Waals surface area contributed by atoms with Gasteiger partial charge in [0, 0.05) is 67.7 Å². The van der Waals surface area contributed by atoms with E-state index < -0.39 is 0 Å². The van der Waals surface area contributed by atoms with E-state index in [9.17, 15) is 0 Å². The second-order valence-electron chi connectivity index (χ2n) is 17.3. The van der Waals surface area contributed by atoms with Crippen LogP contribution in [0.2, 0.25) is 0 Å². The zero-order valence-corrected chi connectivity index (χ0v) is 37.0. The Labute approximate surface area is 381 Å². The van der Waals surface area contributed by atoms with Crippen molar-refractivity contribution < 1.29 is 0 Å². The van der Waals surface area contributed by atoms with E-state index in [1.54, 1.807) is 0 Å². The number of para-hydroxylation sites is 3. The Morgan fingerprint density at radius 1 is 0.369 bits per heavy atom. The third kappa shape index (κ3) is 7.53. The lowest BCUT2D eigenvalue weighted by molar-refractivity contribution is 0.547. The minimum atomic E-state index is 0.416. The molecule has 65 heavy (non-hydrogen) atoms. The van der Waals surface area contributed by atoms with Crippen molar-refractivity contribution in [2.45, 2.75) is 20.8 Å². The van der Waals surface area contributed by atoms with Gasteiger partial charge in [-0.2, -0.15) is 0 Å². The van der Waals surface area contributed by atoms with Gasteiger partial charge in [-0.05, 0) is 150 Å². The first-order valence-electron chi connectivity index (χ1n) is 22.7. The maximum atomic E-state index is 2.46. The summed E-state index contributed by atoms with van der Waals surface area (Å²) in [5, 5.41) is 4.84. The molecule has 1 aliphatic rings. The average Bonchev–Trinajstić information content (AvgIpc) is 3.67. The molecule has 10 aromatic rings. The highest BCUT2D eigenvalue weighted by atomic mass is 15.2. The molecule has 11 rings (SSSR count). The van der Waals surface area contributed by atoms with E-state index in [1.807, 2.05) is 0 Å². The quantitative estimate of drug-likeness (QED) is 0.136. The SMILES string of the molecule is Cc1cccc(N(c2ccccc2)c2ccc3c4ccc(N(C5=CC(C)C(C)C=C5)c5ccccc5)cc4n(-c4ccc(N(c5ccccc5)c5ccc6ccccc6c5)cc4)c3c2)c1. The van der Waals surface area contributed by atoms with Gasteiger partial charge in [-0.1, -0.05) is 135 Å². The molecule has 2 unspecified atom stereocenters. The summed E-state index contributed by atoms with van der Waals surface area (Å²) in [6.07, 6.45) is 7.05. The molecule has 0 saturated carbocycles. The van der Waals surface area contributed by atoms with Crippen LogP contribution in [-0.4, -0.2) is 4.57 Å². The molecule has 0 fully saturated rings. The van der Waals surface area contributed by atoms with E-state index in [4.69, 9.17) is 0 Å². The van der Waals surface area contributed by atoms with Crippen molar-refractivity contribution >= 4 is 78.1 Å². The zero-order valence-electron chi connectivity index (χ0n) is 37.0. The molecular weight excluding hydrogens is 789 g/mol. The normalized spacial score (nSPS) is 14.7. The molecule has 4 heteroatoms. The van der Waals surface area contributed by atoms with Crippen molar-refractivity contribution in [2.75, 3.05) is 14.7 Å². The smallest absolute Gasteiger partial charge is 0.0561 e. The molecule has 0 spiro atoms. The van der Waals surface area contributed by atoms with Gasteiger partial charge in [0.1, 0.15) is 0 Å². The minimum Gasteiger partial charge on any atom is -0.311 e. The van der Waals surface area contributed by atoms with Gasteiger partial charge < -0.3 is 19.3 Å². The third-order valence-electron chi connectivity index (χ3n) is 13.0. The van der Waals surface area contributed by atoms with E-state index >= 15 is 0 Å². The lowest BCUT2D eigenvalue weighted by atomic mass is 9.90. The number of nitrogens with zero attached hydrogens (tertiary/aromatic N) is 4. The molecule has 1 aromatic heterocycles. The Morgan fingerprint density at radius 2 is 0.831 bits per heavy atom. The number of aryl methyl sites for hydroxylation is 1. The maximum Gasteiger partial charge on any atom is 0.0561 e. The third-order valence-corrected chi connectivity index (χ3v) is 13.0. The lowest BCUT2D eigenvalue weighted by Gasteiger charge is -2.30. The molecule has 0 amide bonds. The zero-order chi connectivity index (χ0) is 43.9. The number of benzene rings is 9. The molecule has 1 heterocycles. The van der Waals surface area contributed by atoms with Gasteiger partial charge in [-0.25, -0.2) is 0 Å².